The molecule has 24 heavy (non-hydrogen) atoms. The van der Waals surface area contributed by atoms with E-state index in [1.807, 2.05) is 0 Å². The maximum Gasteiger partial charge on any atom is 0.328 e. The summed E-state index contributed by atoms with van der Waals surface area (Å²) in [5.41, 5.74) is 1.54. The van der Waals surface area contributed by atoms with E-state index in [0.29, 0.717) is 16.6 Å². The molecule has 6 nitrogen and oxygen atoms in total. The van der Waals surface area contributed by atoms with Crippen molar-refractivity contribution in [3.63, 3.8) is 0 Å². The molecular formula is C16H16FN3O3S. The number of fused-ring (bicyclic) bond motifs is 1. The summed E-state index contributed by atoms with van der Waals surface area (Å²) in [4.78, 5) is 12.1. The average molecular weight is 349 g/mol. The first-order valence-electron chi connectivity index (χ1n) is 7.15. The van der Waals surface area contributed by atoms with Crippen LogP contribution in [0, 0.1) is 12.7 Å². The highest BCUT2D eigenvalue weighted by atomic mass is 32.2. The Labute approximate surface area is 138 Å². The summed E-state index contributed by atoms with van der Waals surface area (Å²) in [5.74, 6) is -0.534. The van der Waals surface area contributed by atoms with Gasteiger partial charge in [-0.2, -0.15) is 0 Å². The van der Waals surface area contributed by atoms with Gasteiger partial charge in [0.05, 0.1) is 21.6 Å². The van der Waals surface area contributed by atoms with Crippen LogP contribution in [-0.2, 0) is 24.1 Å². The molecular weight excluding hydrogens is 333 g/mol. The largest absolute Gasteiger partial charge is 0.328 e. The van der Waals surface area contributed by atoms with E-state index in [2.05, 4.69) is 4.72 Å². The maximum absolute atomic E-state index is 13.3. The third kappa shape index (κ3) is 2.58. The number of aromatic nitrogens is 2. The highest BCUT2D eigenvalue weighted by Crippen LogP contribution is 2.24. The maximum atomic E-state index is 13.3. The number of sulfonamides is 1. The highest BCUT2D eigenvalue weighted by molar-refractivity contribution is 7.92. The summed E-state index contributed by atoms with van der Waals surface area (Å²) in [6.45, 7) is 1.65. The molecule has 0 aliphatic rings. The first-order chi connectivity index (χ1) is 11.2. The van der Waals surface area contributed by atoms with Gasteiger partial charge in [-0.1, -0.05) is 6.07 Å². The Morgan fingerprint density at radius 1 is 1.04 bits per heavy atom. The Morgan fingerprint density at radius 2 is 1.67 bits per heavy atom. The lowest BCUT2D eigenvalue weighted by Gasteiger charge is -2.11. The first-order valence-corrected chi connectivity index (χ1v) is 8.63. The molecule has 0 radical (unpaired) electrons. The van der Waals surface area contributed by atoms with Gasteiger partial charge in [0, 0.05) is 14.1 Å². The van der Waals surface area contributed by atoms with Gasteiger partial charge in [-0.05, 0) is 42.8 Å². The molecule has 0 aliphatic heterocycles. The third-order valence-electron chi connectivity index (χ3n) is 3.94. The molecule has 0 aliphatic carbocycles. The molecule has 1 heterocycles. The number of halogens is 1. The summed E-state index contributed by atoms with van der Waals surface area (Å²) in [6.07, 6.45) is 0. The lowest BCUT2D eigenvalue weighted by Crippen LogP contribution is -2.19. The van der Waals surface area contributed by atoms with Crippen molar-refractivity contribution in [1.82, 2.24) is 9.13 Å². The molecule has 1 aromatic heterocycles. The number of hydrogen-bond donors (Lipinski definition) is 1. The van der Waals surface area contributed by atoms with Crippen molar-refractivity contribution in [2.45, 2.75) is 11.8 Å². The van der Waals surface area contributed by atoms with E-state index in [9.17, 15) is 17.6 Å². The fourth-order valence-corrected chi connectivity index (χ4v) is 3.98. The van der Waals surface area contributed by atoms with Crippen LogP contribution in [0.2, 0.25) is 0 Å². The number of rotatable bonds is 3. The van der Waals surface area contributed by atoms with Crippen LogP contribution in [0.15, 0.2) is 46.1 Å². The number of benzene rings is 2. The van der Waals surface area contributed by atoms with Crippen LogP contribution in [-0.4, -0.2) is 17.6 Å². The van der Waals surface area contributed by atoms with Crippen molar-refractivity contribution in [3.05, 3.63) is 58.3 Å². The van der Waals surface area contributed by atoms with Crippen molar-refractivity contribution in [3.8, 4) is 0 Å². The Morgan fingerprint density at radius 3 is 2.29 bits per heavy atom. The molecule has 0 amide bonds. The Bertz CT molecular complexity index is 1110. The number of imidazole rings is 1. The van der Waals surface area contributed by atoms with E-state index in [0.717, 1.165) is 6.07 Å². The van der Waals surface area contributed by atoms with Crippen LogP contribution in [0.5, 0.6) is 0 Å². The molecule has 3 aromatic rings. The van der Waals surface area contributed by atoms with Crippen molar-refractivity contribution in [2.24, 2.45) is 14.1 Å². The summed E-state index contributed by atoms with van der Waals surface area (Å²) in [6, 6.07) is 8.32. The van der Waals surface area contributed by atoms with E-state index in [1.165, 1.54) is 33.4 Å². The summed E-state index contributed by atoms with van der Waals surface area (Å²) >= 11 is 0. The van der Waals surface area contributed by atoms with Gasteiger partial charge in [0.2, 0.25) is 0 Å². The standard InChI is InChI=1S/C16H16FN3O3S/c1-10-7-13-14(20(3)16(21)19(13)2)9-15(10)24(22,23)18-12-6-4-5-11(17)8-12/h4-9,18H,1-3H3. The topological polar surface area (TPSA) is 73.1 Å². The molecule has 0 spiro atoms. The minimum absolute atomic E-state index is 0.0421. The smallest absolute Gasteiger partial charge is 0.295 e. The van der Waals surface area contributed by atoms with Gasteiger partial charge in [0.15, 0.2) is 0 Å². The average Bonchev–Trinajstić information content (AvgIpc) is 2.70. The van der Waals surface area contributed by atoms with E-state index in [4.69, 9.17) is 0 Å². The molecule has 0 unspecified atom stereocenters. The molecule has 0 fully saturated rings. The number of hydrogen-bond acceptors (Lipinski definition) is 3. The lowest BCUT2D eigenvalue weighted by molar-refractivity contribution is 0.600. The zero-order valence-corrected chi connectivity index (χ0v) is 14.2. The van der Waals surface area contributed by atoms with Crippen LogP contribution >= 0.6 is 0 Å². The van der Waals surface area contributed by atoms with Crippen LogP contribution < -0.4 is 10.4 Å². The van der Waals surface area contributed by atoms with Gasteiger partial charge in [-0.15, -0.1) is 0 Å². The second-order valence-corrected chi connectivity index (χ2v) is 7.27. The van der Waals surface area contributed by atoms with Crippen molar-refractivity contribution in [2.75, 3.05) is 4.72 Å². The van der Waals surface area contributed by atoms with Crippen LogP contribution in [0.4, 0.5) is 10.1 Å². The van der Waals surface area contributed by atoms with Crippen molar-refractivity contribution < 1.29 is 12.8 Å². The zero-order chi connectivity index (χ0) is 17.6. The molecule has 0 saturated heterocycles. The van der Waals surface area contributed by atoms with Gasteiger partial charge in [0.1, 0.15) is 5.82 Å². The Balaban J connectivity index is 2.16. The second kappa shape index (κ2) is 5.48. The minimum atomic E-state index is -3.91. The molecule has 2 aromatic carbocycles. The van der Waals surface area contributed by atoms with Crippen LogP contribution in [0.1, 0.15) is 5.56 Å². The van der Waals surface area contributed by atoms with E-state index >= 15 is 0 Å². The molecule has 0 atom stereocenters. The first kappa shape index (κ1) is 16.3. The highest BCUT2D eigenvalue weighted by Gasteiger charge is 2.20. The number of aryl methyl sites for hydroxylation is 3. The number of anilines is 1. The lowest BCUT2D eigenvalue weighted by atomic mass is 10.2. The van der Waals surface area contributed by atoms with Crippen LogP contribution in [0.3, 0.4) is 0 Å². The predicted octanol–water partition coefficient (Wildman–Crippen LogP) is 2.13. The SMILES string of the molecule is Cc1cc2c(cc1S(=O)(=O)Nc1cccc(F)c1)n(C)c(=O)n2C. The fraction of sp³-hybridized carbons (Fsp3) is 0.188. The second-order valence-electron chi connectivity index (χ2n) is 5.62. The molecule has 0 saturated carbocycles. The number of nitrogens with one attached hydrogen (secondary N) is 1. The van der Waals surface area contributed by atoms with Gasteiger partial charge < -0.3 is 0 Å². The Kier molecular flexibility index (Phi) is 3.71. The normalized spacial score (nSPS) is 11.8. The van der Waals surface area contributed by atoms with E-state index < -0.39 is 15.8 Å². The van der Waals surface area contributed by atoms with E-state index in [-0.39, 0.29) is 16.3 Å². The quantitative estimate of drug-likeness (QED) is 0.787. The molecule has 0 bridgehead atoms. The minimum Gasteiger partial charge on any atom is -0.295 e. The summed E-state index contributed by atoms with van der Waals surface area (Å²) in [5, 5.41) is 0. The summed E-state index contributed by atoms with van der Waals surface area (Å²) in [7, 11) is -0.706. The van der Waals surface area contributed by atoms with Gasteiger partial charge in [0.25, 0.3) is 10.0 Å². The summed E-state index contributed by atoms with van der Waals surface area (Å²) < 4.78 is 43.8. The van der Waals surface area contributed by atoms with Crippen molar-refractivity contribution >= 4 is 26.7 Å². The fourth-order valence-electron chi connectivity index (χ4n) is 2.68. The molecule has 126 valence electrons. The van der Waals surface area contributed by atoms with Gasteiger partial charge in [-0.25, -0.2) is 17.6 Å². The number of nitrogens with zero attached hydrogens (tertiary/aromatic N) is 2. The van der Waals surface area contributed by atoms with Gasteiger partial charge >= 0.3 is 5.69 Å². The van der Waals surface area contributed by atoms with E-state index in [1.54, 1.807) is 27.1 Å². The molecule has 8 heteroatoms. The Hall–Kier alpha value is -2.61. The predicted molar refractivity (Wildman–Crippen MR) is 90.1 cm³/mol. The van der Waals surface area contributed by atoms with Crippen molar-refractivity contribution in [1.29, 1.82) is 0 Å². The molecule has 3 rings (SSSR count). The zero-order valence-electron chi connectivity index (χ0n) is 13.4. The van der Waals surface area contributed by atoms with Crippen LogP contribution in [0.25, 0.3) is 11.0 Å². The molecule has 1 N–H and O–H groups in total. The van der Waals surface area contributed by atoms with Gasteiger partial charge in [-0.3, -0.25) is 13.9 Å². The monoisotopic (exact) mass is 349 g/mol. The third-order valence-corrected chi connectivity index (χ3v) is 5.46.